The minimum atomic E-state index is -0.206. The Hall–Kier alpha value is -1.65. The zero-order valence-corrected chi connectivity index (χ0v) is 11.1. The Balaban J connectivity index is 2.07. The highest BCUT2D eigenvalue weighted by molar-refractivity contribution is 9.10. The number of hydrogen-bond acceptors (Lipinski definition) is 3. The molecule has 3 rings (SSSR count). The number of pyridine rings is 1. The van der Waals surface area contributed by atoms with Crippen molar-refractivity contribution in [1.82, 2.24) is 4.98 Å². The maximum absolute atomic E-state index is 6.24. The molecule has 0 bridgehead atoms. The fourth-order valence-electron chi connectivity index (χ4n) is 1.99. The Morgan fingerprint density at radius 2 is 2.11 bits per heavy atom. The summed E-state index contributed by atoms with van der Waals surface area (Å²) in [6.45, 7) is 0. The zero-order valence-electron chi connectivity index (χ0n) is 9.51. The van der Waals surface area contributed by atoms with Gasteiger partial charge < -0.3 is 10.2 Å². The van der Waals surface area contributed by atoms with Crippen molar-refractivity contribution in [2.45, 2.75) is 6.04 Å². The van der Waals surface area contributed by atoms with Gasteiger partial charge in [0.15, 0.2) is 4.67 Å². The van der Waals surface area contributed by atoms with Crippen LogP contribution in [0.25, 0.3) is 10.9 Å². The van der Waals surface area contributed by atoms with Gasteiger partial charge in [-0.25, -0.2) is 0 Å². The molecule has 0 aliphatic carbocycles. The molecule has 2 aromatic heterocycles. The molecule has 18 heavy (non-hydrogen) atoms. The van der Waals surface area contributed by atoms with Crippen LogP contribution in [0.5, 0.6) is 0 Å². The van der Waals surface area contributed by atoms with E-state index in [4.69, 9.17) is 10.2 Å². The Bertz CT molecular complexity index is 693. The van der Waals surface area contributed by atoms with E-state index in [1.807, 2.05) is 30.3 Å². The van der Waals surface area contributed by atoms with E-state index in [0.29, 0.717) is 4.67 Å². The standard InChI is InChI=1S/C14H11BrN2O/c15-14-11(5-7-18-14)13(16)10-3-4-12-9(8-10)2-1-6-17-12/h1-8,13H,16H2. The molecule has 1 atom stereocenters. The van der Waals surface area contributed by atoms with Gasteiger partial charge in [0.25, 0.3) is 0 Å². The van der Waals surface area contributed by atoms with Crippen molar-refractivity contribution < 1.29 is 4.42 Å². The summed E-state index contributed by atoms with van der Waals surface area (Å²) < 4.78 is 5.90. The van der Waals surface area contributed by atoms with Crippen molar-refractivity contribution in [1.29, 1.82) is 0 Å². The first kappa shape index (κ1) is 11.4. The van der Waals surface area contributed by atoms with Gasteiger partial charge in [0.1, 0.15) is 0 Å². The van der Waals surface area contributed by atoms with Crippen LogP contribution in [0.2, 0.25) is 0 Å². The molecule has 0 aliphatic heterocycles. The first-order valence-corrected chi connectivity index (χ1v) is 6.38. The topological polar surface area (TPSA) is 52.0 Å². The summed E-state index contributed by atoms with van der Waals surface area (Å²) in [5.74, 6) is 0. The van der Waals surface area contributed by atoms with E-state index >= 15 is 0 Å². The highest BCUT2D eigenvalue weighted by Gasteiger charge is 2.14. The summed E-state index contributed by atoms with van der Waals surface area (Å²) in [5.41, 5.74) is 9.20. The lowest BCUT2D eigenvalue weighted by molar-refractivity contribution is 0.535. The molecule has 0 saturated heterocycles. The summed E-state index contributed by atoms with van der Waals surface area (Å²) >= 11 is 3.35. The molecule has 3 aromatic rings. The van der Waals surface area contributed by atoms with Crippen LogP contribution < -0.4 is 5.73 Å². The van der Waals surface area contributed by atoms with Gasteiger partial charge >= 0.3 is 0 Å². The molecular weight excluding hydrogens is 292 g/mol. The lowest BCUT2D eigenvalue weighted by Crippen LogP contribution is -2.11. The maximum atomic E-state index is 6.24. The molecule has 0 radical (unpaired) electrons. The zero-order chi connectivity index (χ0) is 12.5. The number of aromatic nitrogens is 1. The Morgan fingerprint density at radius 3 is 2.89 bits per heavy atom. The molecule has 90 valence electrons. The molecule has 0 spiro atoms. The fourth-order valence-corrected chi connectivity index (χ4v) is 2.48. The molecule has 1 unspecified atom stereocenters. The van der Waals surface area contributed by atoms with Crippen molar-refractivity contribution in [2.75, 3.05) is 0 Å². The van der Waals surface area contributed by atoms with Crippen molar-refractivity contribution in [3.63, 3.8) is 0 Å². The van der Waals surface area contributed by atoms with Gasteiger partial charge in [-0.1, -0.05) is 12.1 Å². The SMILES string of the molecule is NC(c1ccc2ncccc2c1)c1ccoc1Br. The van der Waals surface area contributed by atoms with Gasteiger partial charge in [-0.3, -0.25) is 4.98 Å². The number of rotatable bonds is 2. The summed E-state index contributed by atoms with van der Waals surface area (Å²) in [5, 5.41) is 1.09. The number of nitrogens with two attached hydrogens (primary N) is 1. The first-order chi connectivity index (χ1) is 8.75. The Morgan fingerprint density at radius 1 is 1.22 bits per heavy atom. The van der Waals surface area contributed by atoms with Crippen LogP contribution in [-0.4, -0.2) is 4.98 Å². The number of halogens is 1. The minimum Gasteiger partial charge on any atom is -0.457 e. The molecule has 4 heteroatoms. The van der Waals surface area contributed by atoms with Gasteiger partial charge in [-0.15, -0.1) is 0 Å². The monoisotopic (exact) mass is 302 g/mol. The highest BCUT2D eigenvalue weighted by atomic mass is 79.9. The van der Waals surface area contributed by atoms with Crippen LogP contribution in [0.3, 0.4) is 0 Å². The van der Waals surface area contributed by atoms with Gasteiger partial charge in [0.2, 0.25) is 0 Å². The molecular formula is C14H11BrN2O. The van der Waals surface area contributed by atoms with Crippen LogP contribution in [0.15, 0.2) is 57.9 Å². The molecule has 2 heterocycles. The average Bonchev–Trinajstić information content (AvgIpc) is 2.83. The van der Waals surface area contributed by atoms with Crippen LogP contribution in [-0.2, 0) is 0 Å². The largest absolute Gasteiger partial charge is 0.457 e. The maximum Gasteiger partial charge on any atom is 0.174 e. The minimum absolute atomic E-state index is 0.206. The van der Waals surface area contributed by atoms with Crippen molar-refractivity contribution >= 4 is 26.8 Å². The molecule has 0 saturated carbocycles. The van der Waals surface area contributed by atoms with E-state index < -0.39 is 0 Å². The summed E-state index contributed by atoms with van der Waals surface area (Å²) in [6.07, 6.45) is 3.41. The number of furan rings is 1. The Kier molecular flexibility index (Phi) is 2.89. The van der Waals surface area contributed by atoms with E-state index in [1.54, 1.807) is 12.5 Å². The third-order valence-corrected chi connectivity index (χ3v) is 3.61. The molecule has 2 N–H and O–H groups in total. The molecule has 1 aromatic carbocycles. The van der Waals surface area contributed by atoms with Crippen molar-refractivity contribution in [3.05, 3.63) is 64.7 Å². The van der Waals surface area contributed by atoms with E-state index in [-0.39, 0.29) is 6.04 Å². The summed E-state index contributed by atoms with van der Waals surface area (Å²) in [7, 11) is 0. The molecule has 3 nitrogen and oxygen atoms in total. The lowest BCUT2D eigenvalue weighted by atomic mass is 10.0. The van der Waals surface area contributed by atoms with E-state index in [9.17, 15) is 0 Å². The first-order valence-electron chi connectivity index (χ1n) is 5.59. The van der Waals surface area contributed by atoms with Gasteiger partial charge in [-0.2, -0.15) is 0 Å². The van der Waals surface area contributed by atoms with Crippen LogP contribution in [0.1, 0.15) is 17.2 Å². The second-order valence-electron chi connectivity index (χ2n) is 4.08. The third-order valence-electron chi connectivity index (χ3n) is 2.97. The Labute approximate surface area is 113 Å². The number of benzene rings is 1. The van der Waals surface area contributed by atoms with E-state index in [1.165, 1.54) is 0 Å². The average molecular weight is 303 g/mol. The van der Waals surface area contributed by atoms with Gasteiger partial charge in [0.05, 0.1) is 17.8 Å². The smallest absolute Gasteiger partial charge is 0.174 e. The molecule has 0 fully saturated rings. The number of hydrogen-bond donors (Lipinski definition) is 1. The third kappa shape index (κ3) is 1.94. The summed E-state index contributed by atoms with van der Waals surface area (Å²) in [4.78, 5) is 4.29. The molecule has 0 aliphatic rings. The quantitative estimate of drug-likeness (QED) is 0.786. The van der Waals surface area contributed by atoms with Crippen molar-refractivity contribution in [3.8, 4) is 0 Å². The van der Waals surface area contributed by atoms with Gasteiger partial charge in [-0.05, 0) is 45.8 Å². The number of nitrogens with zero attached hydrogens (tertiary/aromatic N) is 1. The normalized spacial score (nSPS) is 12.8. The van der Waals surface area contributed by atoms with E-state index in [2.05, 4.69) is 27.0 Å². The van der Waals surface area contributed by atoms with Crippen LogP contribution in [0.4, 0.5) is 0 Å². The fraction of sp³-hybridized carbons (Fsp3) is 0.0714. The second kappa shape index (κ2) is 4.55. The van der Waals surface area contributed by atoms with Crippen molar-refractivity contribution in [2.24, 2.45) is 5.73 Å². The molecule has 0 amide bonds. The predicted molar refractivity (Wildman–Crippen MR) is 74.2 cm³/mol. The van der Waals surface area contributed by atoms with E-state index in [0.717, 1.165) is 22.0 Å². The van der Waals surface area contributed by atoms with Crippen LogP contribution >= 0.6 is 15.9 Å². The van der Waals surface area contributed by atoms with Gasteiger partial charge in [0, 0.05) is 17.1 Å². The lowest BCUT2D eigenvalue weighted by Gasteiger charge is -2.11. The summed E-state index contributed by atoms with van der Waals surface area (Å²) in [6, 6.07) is 11.7. The second-order valence-corrected chi connectivity index (χ2v) is 4.80. The number of fused-ring (bicyclic) bond motifs is 1. The predicted octanol–water partition coefficient (Wildman–Crippen LogP) is 3.64. The van der Waals surface area contributed by atoms with Crippen LogP contribution in [0, 0.1) is 0 Å². The highest BCUT2D eigenvalue weighted by Crippen LogP contribution is 2.28.